The second-order valence-corrected chi connectivity index (χ2v) is 4.65. The number of amides is 1. The van der Waals surface area contributed by atoms with E-state index in [1.807, 2.05) is 0 Å². The number of hydrogen-bond acceptors (Lipinski definition) is 2. The molecule has 0 saturated heterocycles. The summed E-state index contributed by atoms with van der Waals surface area (Å²) in [6, 6.07) is 4.19. The molecule has 0 heterocycles. The quantitative estimate of drug-likeness (QED) is 0.620. The van der Waals surface area contributed by atoms with Crippen LogP contribution >= 0.6 is 15.9 Å². The number of methoxy groups -OCH3 is 1. The average Bonchev–Trinajstić information content (AvgIpc) is 2.38. The molecule has 100 valence electrons. The van der Waals surface area contributed by atoms with Gasteiger partial charge in [-0.25, -0.2) is 4.39 Å². The standard InChI is InChI=1S/C13H17BrFNO2/c1-18-12-6-5-10(9-11(12)15)13(17)16-8-4-2-3-7-14/h5-6,9H,2-4,7-8H2,1H3,(H,16,17). The van der Waals surface area contributed by atoms with Crippen LogP contribution in [0.2, 0.25) is 0 Å². The maximum atomic E-state index is 13.4. The van der Waals surface area contributed by atoms with Crippen LogP contribution < -0.4 is 10.1 Å². The lowest BCUT2D eigenvalue weighted by molar-refractivity contribution is 0.0952. The van der Waals surface area contributed by atoms with Gasteiger partial charge in [0.25, 0.3) is 5.91 Å². The molecule has 0 aliphatic carbocycles. The molecule has 3 nitrogen and oxygen atoms in total. The van der Waals surface area contributed by atoms with Crippen LogP contribution in [0, 0.1) is 5.82 Å². The van der Waals surface area contributed by atoms with E-state index >= 15 is 0 Å². The van der Waals surface area contributed by atoms with Gasteiger partial charge in [0.1, 0.15) is 0 Å². The lowest BCUT2D eigenvalue weighted by Gasteiger charge is -2.06. The van der Waals surface area contributed by atoms with Crippen LogP contribution in [-0.4, -0.2) is 24.9 Å². The van der Waals surface area contributed by atoms with E-state index in [9.17, 15) is 9.18 Å². The average molecular weight is 318 g/mol. The van der Waals surface area contributed by atoms with Gasteiger partial charge in [0.2, 0.25) is 0 Å². The zero-order chi connectivity index (χ0) is 13.4. The lowest BCUT2D eigenvalue weighted by atomic mass is 10.2. The van der Waals surface area contributed by atoms with Crippen molar-refractivity contribution in [3.05, 3.63) is 29.6 Å². The normalized spacial score (nSPS) is 10.2. The number of hydrogen-bond donors (Lipinski definition) is 1. The van der Waals surface area contributed by atoms with Gasteiger partial charge in [-0.05, 0) is 31.0 Å². The first-order valence-electron chi connectivity index (χ1n) is 5.86. The molecule has 0 aliphatic rings. The Bertz CT molecular complexity index is 399. The number of carbonyl (C=O) groups is 1. The molecule has 0 aliphatic heterocycles. The van der Waals surface area contributed by atoms with Crippen molar-refractivity contribution in [1.29, 1.82) is 0 Å². The van der Waals surface area contributed by atoms with Crippen LogP contribution in [0.4, 0.5) is 4.39 Å². The monoisotopic (exact) mass is 317 g/mol. The predicted molar refractivity (Wildman–Crippen MR) is 72.9 cm³/mol. The molecule has 1 N–H and O–H groups in total. The smallest absolute Gasteiger partial charge is 0.251 e. The molecule has 1 amide bonds. The molecule has 0 aromatic heterocycles. The number of nitrogens with one attached hydrogen (secondary N) is 1. The molecular formula is C13H17BrFNO2. The Hall–Kier alpha value is -1.10. The first-order chi connectivity index (χ1) is 8.69. The van der Waals surface area contributed by atoms with E-state index in [0.29, 0.717) is 12.1 Å². The van der Waals surface area contributed by atoms with Gasteiger partial charge < -0.3 is 10.1 Å². The molecule has 0 radical (unpaired) electrons. The van der Waals surface area contributed by atoms with Crippen LogP contribution in [-0.2, 0) is 0 Å². The van der Waals surface area contributed by atoms with Crippen molar-refractivity contribution in [3.63, 3.8) is 0 Å². The highest BCUT2D eigenvalue weighted by Crippen LogP contribution is 2.17. The van der Waals surface area contributed by atoms with Crippen molar-refractivity contribution in [3.8, 4) is 5.75 Å². The molecule has 1 aromatic rings. The van der Waals surface area contributed by atoms with Gasteiger partial charge in [0.15, 0.2) is 11.6 Å². The lowest BCUT2D eigenvalue weighted by Crippen LogP contribution is -2.24. The van der Waals surface area contributed by atoms with Crippen molar-refractivity contribution < 1.29 is 13.9 Å². The molecule has 0 atom stereocenters. The zero-order valence-electron chi connectivity index (χ0n) is 10.3. The maximum Gasteiger partial charge on any atom is 0.251 e. The number of unbranched alkanes of at least 4 members (excludes halogenated alkanes) is 2. The number of ether oxygens (including phenoxy) is 1. The Kier molecular flexibility index (Phi) is 6.72. The van der Waals surface area contributed by atoms with E-state index in [-0.39, 0.29) is 11.7 Å². The molecule has 1 aromatic carbocycles. The number of alkyl halides is 1. The molecule has 0 fully saturated rings. The van der Waals surface area contributed by atoms with Crippen molar-refractivity contribution >= 4 is 21.8 Å². The van der Waals surface area contributed by atoms with Gasteiger partial charge in [-0.2, -0.15) is 0 Å². The molecule has 0 unspecified atom stereocenters. The van der Waals surface area contributed by atoms with Crippen molar-refractivity contribution in [2.75, 3.05) is 19.0 Å². The van der Waals surface area contributed by atoms with Crippen LogP contribution in [0.5, 0.6) is 5.75 Å². The third kappa shape index (κ3) is 4.64. The first-order valence-corrected chi connectivity index (χ1v) is 6.99. The van der Waals surface area contributed by atoms with Gasteiger partial charge >= 0.3 is 0 Å². The highest BCUT2D eigenvalue weighted by Gasteiger charge is 2.09. The molecule has 5 heteroatoms. The summed E-state index contributed by atoms with van der Waals surface area (Å²) in [5.74, 6) is -0.635. The van der Waals surface area contributed by atoms with Gasteiger partial charge in [-0.1, -0.05) is 22.4 Å². The van der Waals surface area contributed by atoms with Crippen LogP contribution in [0.25, 0.3) is 0 Å². The fourth-order valence-electron chi connectivity index (χ4n) is 1.51. The molecular weight excluding hydrogens is 301 g/mol. The Balaban J connectivity index is 2.44. The van der Waals surface area contributed by atoms with Gasteiger partial charge in [0.05, 0.1) is 7.11 Å². The fraction of sp³-hybridized carbons (Fsp3) is 0.462. The minimum Gasteiger partial charge on any atom is -0.494 e. The summed E-state index contributed by atoms with van der Waals surface area (Å²) in [5.41, 5.74) is 0.314. The van der Waals surface area contributed by atoms with E-state index in [2.05, 4.69) is 21.2 Å². The van der Waals surface area contributed by atoms with Crippen molar-refractivity contribution in [2.24, 2.45) is 0 Å². The second kappa shape index (κ2) is 8.08. The number of carbonyl (C=O) groups excluding carboxylic acids is 1. The Morgan fingerprint density at radius 2 is 2.17 bits per heavy atom. The summed E-state index contributed by atoms with van der Waals surface area (Å²) >= 11 is 3.35. The Labute approximate surface area is 115 Å². The summed E-state index contributed by atoms with van der Waals surface area (Å²) in [4.78, 5) is 11.7. The molecule has 0 bridgehead atoms. The van der Waals surface area contributed by atoms with Crippen LogP contribution in [0.3, 0.4) is 0 Å². The minimum absolute atomic E-state index is 0.142. The minimum atomic E-state index is -0.524. The summed E-state index contributed by atoms with van der Waals surface area (Å²) in [5, 5.41) is 3.74. The second-order valence-electron chi connectivity index (χ2n) is 3.85. The van der Waals surface area contributed by atoms with Crippen molar-refractivity contribution in [1.82, 2.24) is 5.32 Å². The zero-order valence-corrected chi connectivity index (χ0v) is 11.9. The van der Waals surface area contributed by atoms with E-state index in [4.69, 9.17) is 4.74 Å². The van der Waals surface area contributed by atoms with Crippen LogP contribution in [0.1, 0.15) is 29.6 Å². The fourth-order valence-corrected chi connectivity index (χ4v) is 1.90. The SMILES string of the molecule is COc1ccc(C(=O)NCCCCCBr)cc1F. The highest BCUT2D eigenvalue weighted by atomic mass is 79.9. The third-order valence-electron chi connectivity index (χ3n) is 2.51. The summed E-state index contributed by atoms with van der Waals surface area (Å²) in [6.07, 6.45) is 3.07. The highest BCUT2D eigenvalue weighted by molar-refractivity contribution is 9.09. The summed E-state index contributed by atoms with van der Waals surface area (Å²) in [7, 11) is 1.39. The maximum absolute atomic E-state index is 13.4. The van der Waals surface area contributed by atoms with E-state index < -0.39 is 5.82 Å². The predicted octanol–water partition coefficient (Wildman–Crippen LogP) is 3.13. The van der Waals surface area contributed by atoms with E-state index in [1.165, 1.54) is 19.2 Å². The van der Waals surface area contributed by atoms with Crippen molar-refractivity contribution in [2.45, 2.75) is 19.3 Å². The topological polar surface area (TPSA) is 38.3 Å². The molecule has 1 rings (SSSR count). The number of halogens is 2. The van der Waals surface area contributed by atoms with Crippen LogP contribution in [0.15, 0.2) is 18.2 Å². The Morgan fingerprint density at radius 3 is 2.78 bits per heavy atom. The Morgan fingerprint density at radius 1 is 1.39 bits per heavy atom. The summed E-state index contributed by atoms with van der Waals surface area (Å²) < 4.78 is 18.2. The van der Waals surface area contributed by atoms with Gasteiger partial charge in [0, 0.05) is 17.4 Å². The van der Waals surface area contributed by atoms with Gasteiger partial charge in [-0.15, -0.1) is 0 Å². The largest absolute Gasteiger partial charge is 0.494 e. The third-order valence-corrected chi connectivity index (χ3v) is 3.07. The number of benzene rings is 1. The molecule has 0 saturated carbocycles. The number of rotatable bonds is 7. The summed E-state index contributed by atoms with van der Waals surface area (Å²) in [6.45, 7) is 0.611. The van der Waals surface area contributed by atoms with Gasteiger partial charge in [-0.3, -0.25) is 4.79 Å². The molecule has 0 spiro atoms. The van der Waals surface area contributed by atoms with E-state index in [1.54, 1.807) is 6.07 Å². The molecule has 18 heavy (non-hydrogen) atoms. The van der Waals surface area contributed by atoms with E-state index in [0.717, 1.165) is 24.6 Å². The first kappa shape index (κ1) is 15.0.